The summed E-state index contributed by atoms with van der Waals surface area (Å²) in [5.41, 5.74) is -0.0959. The summed E-state index contributed by atoms with van der Waals surface area (Å²) < 4.78 is 98.0. The molecule has 0 aromatic heterocycles. The lowest BCUT2D eigenvalue weighted by molar-refractivity contribution is -0.150. The number of ether oxygens (including phenoxy) is 2. The van der Waals surface area contributed by atoms with Crippen molar-refractivity contribution in [3.05, 3.63) is 34.3 Å². The Kier molecular flexibility index (Phi) is 31.2. The lowest BCUT2D eigenvalue weighted by Gasteiger charge is -2.45. The van der Waals surface area contributed by atoms with Gasteiger partial charge in [0.1, 0.15) is 0 Å². The number of aryl methyl sites for hydroxylation is 1. The SMILES string of the molecule is CCCOC[C@@H]1CN(C)CCN[C@@H](CCc2ccc(C(F)(F)F)c(Cl)c2)CN2CCC[C@H]2CNC2(CCCC2)CN(C)[C@@H](C2CCCCC2)CN(C)[C@H](C(=O)N2C3CCC2COC3)CCN(C)[C@@H](CC(F)(F)F)CN[C@@H]([C@@H](C)CC)CN(C)CCN(C)CCN1C. The first kappa shape index (κ1) is 76.4. The molecule has 6 aliphatic rings. The highest BCUT2D eigenvalue weighted by atomic mass is 35.5. The monoisotopic (exact) mass is 1320 g/mol. The van der Waals surface area contributed by atoms with Crippen molar-refractivity contribution in [2.75, 3.05) is 174 Å². The van der Waals surface area contributed by atoms with Gasteiger partial charge >= 0.3 is 12.4 Å². The van der Waals surface area contributed by atoms with Gasteiger partial charge < -0.3 is 54.8 Å². The molecule has 0 radical (unpaired) electrons. The molecule has 91 heavy (non-hydrogen) atoms. The second kappa shape index (κ2) is 37.1. The van der Waals surface area contributed by atoms with E-state index in [4.69, 9.17) is 21.1 Å². The van der Waals surface area contributed by atoms with E-state index in [0.29, 0.717) is 70.9 Å². The number of nitrogens with one attached hydrogen (secondary N) is 3. The molecule has 6 fully saturated rings. The minimum atomic E-state index is -4.51. The van der Waals surface area contributed by atoms with Gasteiger partial charge in [0.05, 0.1) is 55.0 Å². The third kappa shape index (κ3) is 23.9. The third-order valence-corrected chi connectivity index (χ3v) is 22.5. The zero-order chi connectivity index (χ0) is 65.9. The second-order valence-electron chi connectivity index (χ2n) is 29.3. The normalized spacial score (nSPS) is 31.0. The van der Waals surface area contributed by atoms with Crippen LogP contribution in [-0.2, 0) is 26.9 Å². The molecule has 2 unspecified atom stereocenters. The maximum atomic E-state index is 15.4. The summed E-state index contributed by atoms with van der Waals surface area (Å²) in [7, 11) is 14.9. The van der Waals surface area contributed by atoms with Crippen molar-refractivity contribution in [2.24, 2.45) is 11.8 Å². The van der Waals surface area contributed by atoms with E-state index >= 15 is 4.79 Å². The average molecular weight is 1320 g/mol. The lowest BCUT2D eigenvalue weighted by Crippen LogP contribution is -2.60. The van der Waals surface area contributed by atoms with Gasteiger partial charge in [-0.15, -0.1) is 0 Å². The molecule has 4 aliphatic heterocycles. The van der Waals surface area contributed by atoms with Crippen LogP contribution < -0.4 is 16.0 Å². The number of fused-ring (bicyclic) bond motifs is 3. The number of alkyl halides is 6. The Morgan fingerprint density at radius 1 is 0.703 bits per heavy atom. The first-order valence-electron chi connectivity index (χ1n) is 35.6. The molecule has 1 spiro atoms. The molecule has 2 bridgehead atoms. The van der Waals surface area contributed by atoms with E-state index in [2.05, 4.69) is 118 Å². The minimum absolute atomic E-state index is 0.0144. The van der Waals surface area contributed by atoms with Crippen LogP contribution in [-0.4, -0.2) is 290 Å². The summed E-state index contributed by atoms with van der Waals surface area (Å²) in [4.78, 5) is 36.4. The number of amides is 1. The van der Waals surface area contributed by atoms with Crippen LogP contribution in [0.2, 0.25) is 5.02 Å². The van der Waals surface area contributed by atoms with Crippen LogP contribution in [0.1, 0.15) is 147 Å². The topological polar surface area (TPSA) is 101 Å². The number of morpholine rings is 1. The van der Waals surface area contributed by atoms with Gasteiger partial charge in [-0.2, -0.15) is 26.3 Å². The molecule has 1 amide bonds. The Morgan fingerprint density at radius 3 is 2.05 bits per heavy atom. The standard InChI is InChI=1S/C69H123ClF6N12O3/c1-11-39-90-50-60-45-81(5)34-31-77-55(24-22-53-23-27-61(62(70)40-53)69(74,75)76)44-87-32-18-21-56(87)43-79-67(29-16-17-30-67)51-86(10)65(54-19-14-13-15-20-54)47-85(9)64(66(89)88-57-25-26-58(88)49-91-48-57)28-33-83(7)59(41-68(71,72)73)42-78-63(52(3)12-2)46-82(6)36-35-80(4)37-38-84(60)8/h23,27,40,52,54-60,63-65,77-79H,11-22,24-26,28-39,41-51H2,1-10H3/t52-,55-,56-,57?,58?,59-,60-,63+,64-,65+/m0/s1. The molecule has 4 saturated heterocycles. The van der Waals surface area contributed by atoms with Gasteiger partial charge in [-0.1, -0.05) is 77.0 Å². The van der Waals surface area contributed by atoms with Crippen LogP contribution in [0.25, 0.3) is 0 Å². The largest absolute Gasteiger partial charge is 0.417 e. The highest BCUT2D eigenvalue weighted by molar-refractivity contribution is 6.31. The Hall–Kier alpha value is -1.96. The molecular formula is C69H123ClF6N12O3. The van der Waals surface area contributed by atoms with Crippen LogP contribution >= 0.6 is 11.6 Å². The van der Waals surface area contributed by atoms with Crippen LogP contribution in [0, 0.1) is 11.8 Å². The molecule has 526 valence electrons. The van der Waals surface area contributed by atoms with Gasteiger partial charge in [-0.25, -0.2) is 0 Å². The number of carbonyl (C=O) groups excluding carboxylic acids is 1. The molecule has 1 aromatic rings. The van der Waals surface area contributed by atoms with Crippen LogP contribution in [0.5, 0.6) is 0 Å². The fraction of sp³-hybridized carbons (Fsp3) is 0.899. The van der Waals surface area contributed by atoms with Gasteiger partial charge in [-0.05, 0) is 162 Å². The first-order valence-corrected chi connectivity index (χ1v) is 36.0. The molecule has 2 aliphatic carbocycles. The van der Waals surface area contributed by atoms with E-state index in [-0.39, 0.29) is 65.2 Å². The summed E-state index contributed by atoms with van der Waals surface area (Å²) >= 11 is 6.29. The Labute approximate surface area is 551 Å². The molecular weight excluding hydrogens is 1190 g/mol. The van der Waals surface area contributed by atoms with Crippen molar-refractivity contribution in [2.45, 2.75) is 215 Å². The Bertz CT molecular complexity index is 2240. The molecule has 15 nitrogen and oxygen atoms in total. The summed E-state index contributed by atoms with van der Waals surface area (Å²) in [6.45, 7) is 20.0. The summed E-state index contributed by atoms with van der Waals surface area (Å²) in [5.74, 6) is 0.774. The number of rotatable bonds is 12. The van der Waals surface area contributed by atoms with Crippen molar-refractivity contribution < 1.29 is 40.6 Å². The first-order chi connectivity index (χ1) is 43.3. The van der Waals surface area contributed by atoms with Gasteiger partial charge in [0.2, 0.25) is 5.91 Å². The van der Waals surface area contributed by atoms with E-state index in [1.807, 2.05) is 11.9 Å². The van der Waals surface area contributed by atoms with E-state index in [1.54, 1.807) is 6.07 Å². The predicted molar refractivity (Wildman–Crippen MR) is 357 cm³/mol. The number of likely N-dealkylation sites (N-methyl/N-ethyl adjacent to an activating group) is 7. The highest BCUT2D eigenvalue weighted by Gasteiger charge is 2.46. The lowest BCUT2D eigenvalue weighted by atomic mass is 9.82. The van der Waals surface area contributed by atoms with Crippen molar-refractivity contribution in [1.29, 1.82) is 0 Å². The Balaban J connectivity index is 1.16. The minimum Gasteiger partial charge on any atom is -0.380 e. The van der Waals surface area contributed by atoms with Gasteiger partial charge in [0, 0.05) is 140 Å². The van der Waals surface area contributed by atoms with Crippen LogP contribution in [0.3, 0.4) is 0 Å². The maximum absolute atomic E-state index is 15.4. The van der Waals surface area contributed by atoms with E-state index in [0.717, 1.165) is 167 Å². The zero-order valence-electron chi connectivity index (χ0n) is 57.8. The molecule has 3 N–H and O–H groups in total. The summed E-state index contributed by atoms with van der Waals surface area (Å²) in [6.07, 6.45) is 8.11. The highest BCUT2D eigenvalue weighted by Crippen LogP contribution is 2.38. The second-order valence-corrected chi connectivity index (χ2v) is 29.8. The number of carbonyl (C=O) groups is 1. The summed E-state index contributed by atoms with van der Waals surface area (Å²) in [6, 6.07) is 3.63. The fourth-order valence-corrected chi connectivity index (χ4v) is 16.3. The zero-order valence-corrected chi connectivity index (χ0v) is 58.6. The third-order valence-electron chi connectivity index (χ3n) is 22.2. The van der Waals surface area contributed by atoms with E-state index < -0.39 is 36.4 Å². The van der Waals surface area contributed by atoms with Crippen molar-refractivity contribution in [3.63, 3.8) is 0 Å². The van der Waals surface area contributed by atoms with Crippen LogP contribution in [0.15, 0.2) is 18.2 Å². The molecule has 2 saturated carbocycles. The molecule has 4 heterocycles. The van der Waals surface area contributed by atoms with Crippen molar-refractivity contribution in [1.82, 2.24) is 60.0 Å². The van der Waals surface area contributed by atoms with Crippen molar-refractivity contribution in [3.8, 4) is 0 Å². The Morgan fingerprint density at radius 2 is 1.38 bits per heavy atom. The molecule has 10 atom stereocenters. The quantitative estimate of drug-likeness (QED) is 0.137. The fourth-order valence-electron chi connectivity index (χ4n) is 16.0. The number of halogens is 7. The van der Waals surface area contributed by atoms with Gasteiger partial charge in [0.15, 0.2) is 0 Å². The molecule has 22 heteroatoms. The average Bonchev–Trinajstić information content (AvgIpc) is 2.05. The maximum Gasteiger partial charge on any atom is 0.417 e. The van der Waals surface area contributed by atoms with E-state index in [9.17, 15) is 26.3 Å². The molecule has 1 aromatic carbocycles. The number of hydrogen-bond donors (Lipinski definition) is 3. The van der Waals surface area contributed by atoms with Crippen molar-refractivity contribution >= 4 is 17.5 Å². The summed E-state index contributed by atoms with van der Waals surface area (Å²) in [5, 5.41) is 11.7. The van der Waals surface area contributed by atoms with Gasteiger partial charge in [0.25, 0.3) is 0 Å². The number of benzene rings is 1. The van der Waals surface area contributed by atoms with Gasteiger partial charge in [-0.3, -0.25) is 19.5 Å². The predicted octanol–water partition coefficient (Wildman–Crippen LogP) is 9.37. The van der Waals surface area contributed by atoms with E-state index in [1.165, 1.54) is 25.3 Å². The van der Waals surface area contributed by atoms with Crippen LogP contribution in [0.4, 0.5) is 26.3 Å². The smallest absolute Gasteiger partial charge is 0.380 e. The molecule has 7 rings (SSSR count). The number of hydrogen-bond acceptors (Lipinski definition) is 14. The number of nitrogens with zero attached hydrogens (tertiary/aromatic N) is 9.